The van der Waals surface area contributed by atoms with E-state index < -0.39 is 11.9 Å². The van der Waals surface area contributed by atoms with Crippen LogP contribution in [0, 0.1) is 29.6 Å². The smallest absolute Gasteiger partial charge is 0.339 e. The van der Waals surface area contributed by atoms with E-state index in [0.29, 0.717) is 5.76 Å². The number of carbonyl (C=O) groups excluding carboxylic acids is 1. The lowest BCUT2D eigenvalue weighted by molar-refractivity contribution is -0.138. The highest BCUT2D eigenvalue weighted by molar-refractivity contribution is 5.90. The van der Waals surface area contributed by atoms with Crippen molar-refractivity contribution in [2.24, 2.45) is 11.7 Å². The van der Waals surface area contributed by atoms with Gasteiger partial charge < -0.3 is 15.2 Å². The molecule has 0 saturated carbocycles. The maximum absolute atomic E-state index is 11.7. The van der Waals surface area contributed by atoms with E-state index >= 15 is 0 Å². The number of terminal acetylenes is 1. The van der Waals surface area contributed by atoms with Crippen LogP contribution in [0.25, 0.3) is 0 Å². The fourth-order valence-corrected chi connectivity index (χ4v) is 1.59. The molecule has 1 heterocycles. The second-order valence-electron chi connectivity index (χ2n) is 3.46. The van der Waals surface area contributed by atoms with Gasteiger partial charge in [-0.25, -0.2) is 4.79 Å². The lowest BCUT2D eigenvalue weighted by atomic mass is 9.91. The molecule has 17 heavy (non-hydrogen) atoms. The second-order valence-corrected chi connectivity index (χ2v) is 3.46. The van der Waals surface area contributed by atoms with Crippen LogP contribution in [0.3, 0.4) is 0 Å². The molecule has 1 rings (SSSR count). The highest BCUT2D eigenvalue weighted by Gasteiger charge is 2.31. The number of nitrogens with zero attached hydrogens (tertiary/aromatic N) is 1. The molecular formula is C12H12N2O3. The third kappa shape index (κ3) is 2.40. The summed E-state index contributed by atoms with van der Waals surface area (Å²) in [5.41, 5.74) is 6.03. The molecule has 0 aromatic heterocycles. The molecule has 0 radical (unpaired) electrons. The van der Waals surface area contributed by atoms with Gasteiger partial charge in [-0.3, -0.25) is 0 Å². The van der Waals surface area contributed by atoms with Gasteiger partial charge in [0, 0.05) is 5.92 Å². The van der Waals surface area contributed by atoms with Gasteiger partial charge in [0.25, 0.3) is 0 Å². The lowest BCUT2D eigenvalue weighted by Gasteiger charge is -2.23. The van der Waals surface area contributed by atoms with Crippen LogP contribution in [0.5, 0.6) is 0 Å². The van der Waals surface area contributed by atoms with Crippen LogP contribution < -0.4 is 5.73 Å². The molecule has 0 fully saturated rings. The van der Waals surface area contributed by atoms with Crippen LogP contribution in [-0.2, 0) is 14.3 Å². The zero-order valence-corrected chi connectivity index (χ0v) is 9.61. The highest BCUT2D eigenvalue weighted by atomic mass is 16.5. The number of hydrogen-bond donors (Lipinski definition) is 1. The molecule has 1 aliphatic heterocycles. The summed E-state index contributed by atoms with van der Waals surface area (Å²) >= 11 is 0. The number of ether oxygens (including phenoxy) is 2. The maximum Gasteiger partial charge on any atom is 0.339 e. The van der Waals surface area contributed by atoms with Gasteiger partial charge >= 0.3 is 5.97 Å². The molecule has 2 N–H and O–H groups in total. The minimum Gasteiger partial charge on any atom is -0.449 e. The normalized spacial score (nSPS) is 19.2. The molecule has 88 valence electrons. The van der Waals surface area contributed by atoms with Crippen molar-refractivity contribution in [3.8, 4) is 18.4 Å². The standard InChI is InChI=1S/C12H12N2O3/c1-4-5-16-12(15)10-7(2)9(6-13)11(14)17-8(10)3/h1,7H,5,14H2,2-3H3. The molecule has 0 aromatic rings. The van der Waals surface area contributed by atoms with E-state index in [2.05, 4.69) is 5.92 Å². The Hall–Kier alpha value is -2.40. The molecule has 0 amide bonds. The van der Waals surface area contributed by atoms with Gasteiger partial charge in [-0.2, -0.15) is 5.26 Å². The maximum atomic E-state index is 11.7. The first-order valence-corrected chi connectivity index (χ1v) is 4.91. The average Bonchev–Trinajstić information content (AvgIpc) is 2.26. The van der Waals surface area contributed by atoms with E-state index in [4.69, 9.17) is 26.9 Å². The summed E-state index contributed by atoms with van der Waals surface area (Å²) in [5, 5.41) is 8.92. The monoisotopic (exact) mass is 232 g/mol. The molecule has 5 heteroatoms. The third-order valence-corrected chi connectivity index (χ3v) is 2.40. The van der Waals surface area contributed by atoms with Crippen LogP contribution in [-0.4, -0.2) is 12.6 Å². The molecule has 0 aliphatic carbocycles. The van der Waals surface area contributed by atoms with Crippen molar-refractivity contribution >= 4 is 5.97 Å². The molecule has 0 saturated heterocycles. The van der Waals surface area contributed by atoms with Gasteiger partial charge in [-0.05, 0) is 6.92 Å². The molecule has 0 bridgehead atoms. The Balaban J connectivity index is 3.02. The first kappa shape index (κ1) is 12.7. The van der Waals surface area contributed by atoms with Gasteiger partial charge in [-0.1, -0.05) is 12.8 Å². The average molecular weight is 232 g/mol. The SMILES string of the molecule is C#CCOC(=O)C1=C(C)OC(N)=C(C#N)C1C. The van der Waals surface area contributed by atoms with Crippen LogP contribution >= 0.6 is 0 Å². The molecule has 5 nitrogen and oxygen atoms in total. The summed E-state index contributed by atoms with van der Waals surface area (Å²) in [7, 11) is 0. The van der Waals surface area contributed by atoms with Gasteiger partial charge in [0.15, 0.2) is 6.61 Å². The van der Waals surface area contributed by atoms with Crippen LogP contribution in [0.15, 0.2) is 22.8 Å². The molecular weight excluding hydrogens is 220 g/mol. The van der Waals surface area contributed by atoms with Crippen LogP contribution in [0.1, 0.15) is 13.8 Å². The molecule has 0 spiro atoms. The Bertz CT molecular complexity index is 489. The van der Waals surface area contributed by atoms with Gasteiger partial charge in [-0.15, -0.1) is 6.42 Å². The number of nitrogens with two attached hydrogens (primary N) is 1. The number of rotatable bonds is 2. The predicted molar refractivity (Wildman–Crippen MR) is 59.6 cm³/mol. The number of carbonyl (C=O) groups is 1. The van der Waals surface area contributed by atoms with E-state index in [1.165, 1.54) is 0 Å². The molecule has 0 aromatic carbocycles. The summed E-state index contributed by atoms with van der Waals surface area (Å²) in [5.74, 6) is 1.49. The fraction of sp³-hybridized carbons (Fsp3) is 0.333. The third-order valence-electron chi connectivity index (χ3n) is 2.40. The number of hydrogen-bond acceptors (Lipinski definition) is 5. The Morgan fingerprint density at radius 2 is 2.35 bits per heavy atom. The Kier molecular flexibility index (Phi) is 3.79. The predicted octanol–water partition coefficient (Wildman–Crippen LogP) is 0.797. The summed E-state index contributed by atoms with van der Waals surface area (Å²) in [6.07, 6.45) is 4.99. The van der Waals surface area contributed by atoms with E-state index in [0.717, 1.165) is 0 Å². The molecule has 1 unspecified atom stereocenters. The lowest BCUT2D eigenvalue weighted by Crippen LogP contribution is -2.25. The van der Waals surface area contributed by atoms with Crippen molar-refractivity contribution < 1.29 is 14.3 Å². The number of nitriles is 1. The van der Waals surface area contributed by atoms with Crippen molar-refractivity contribution in [2.45, 2.75) is 13.8 Å². The zero-order valence-electron chi connectivity index (χ0n) is 9.61. The van der Waals surface area contributed by atoms with E-state index in [9.17, 15) is 4.79 Å². The summed E-state index contributed by atoms with van der Waals surface area (Å²) < 4.78 is 9.95. The minimum atomic E-state index is -0.590. The van der Waals surface area contributed by atoms with Crippen molar-refractivity contribution in [1.29, 1.82) is 5.26 Å². The van der Waals surface area contributed by atoms with Crippen LogP contribution in [0.4, 0.5) is 0 Å². The van der Waals surface area contributed by atoms with Crippen molar-refractivity contribution in [1.82, 2.24) is 0 Å². The number of esters is 1. The Morgan fingerprint density at radius 3 is 2.88 bits per heavy atom. The zero-order chi connectivity index (χ0) is 13.0. The minimum absolute atomic E-state index is 0.0194. The largest absolute Gasteiger partial charge is 0.449 e. The Morgan fingerprint density at radius 1 is 1.71 bits per heavy atom. The first-order valence-electron chi connectivity index (χ1n) is 4.91. The first-order chi connectivity index (χ1) is 8.02. The fourth-order valence-electron chi connectivity index (χ4n) is 1.59. The van der Waals surface area contributed by atoms with Crippen molar-refractivity contribution in [2.75, 3.05) is 6.61 Å². The van der Waals surface area contributed by atoms with E-state index in [1.807, 2.05) is 6.07 Å². The summed E-state index contributed by atoms with van der Waals surface area (Å²) in [4.78, 5) is 11.7. The molecule has 1 aliphatic rings. The highest BCUT2D eigenvalue weighted by Crippen LogP contribution is 2.31. The van der Waals surface area contributed by atoms with Crippen molar-refractivity contribution in [3.05, 3.63) is 22.8 Å². The van der Waals surface area contributed by atoms with E-state index in [1.54, 1.807) is 13.8 Å². The summed E-state index contributed by atoms with van der Waals surface area (Å²) in [6, 6.07) is 1.91. The van der Waals surface area contributed by atoms with Crippen LogP contribution in [0.2, 0.25) is 0 Å². The number of allylic oxidation sites excluding steroid dienone is 2. The van der Waals surface area contributed by atoms with Gasteiger partial charge in [0.1, 0.15) is 11.8 Å². The van der Waals surface area contributed by atoms with Gasteiger partial charge in [0.05, 0.1) is 11.1 Å². The van der Waals surface area contributed by atoms with Gasteiger partial charge in [0.2, 0.25) is 5.88 Å². The molecule has 1 atom stereocenters. The second kappa shape index (κ2) is 5.09. The quantitative estimate of drug-likeness (QED) is 0.562. The van der Waals surface area contributed by atoms with Crippen molar-refractivity contribution in [3.63, 3.8) is 0 Å². The Labute approximate surface area is 99.5 Å². The summed E-state index contributed by atoms with van der Waals surface area (Å²) in [6.45, 7) is 3.15. The topological polar surface area (TPSA) is 85.3 Å². The van der Waals surface area contributed by atoms with E-state index in [-0.39, 0.29) is 23.6 Å².